The molecule has 2 nitrogen and oxygen atoms in total. The third-order valence-corrected chi connectivity index (χ3v) is 2.73. The Morgan fingerprint density at radius 2 is 2.23 bits per heavy atom. The van der Waals surface area contributed by atoms with Crippen molar-refractivity contribution in [3.8, 4) is 0 Å². The van der Waals surface area contributed by atoms with E-state index in [4.69, 9.17) is 11.6 Å². The average molecular weight is 212 g/mol. The van der Waals surface area contributed by atoms with E-state index in [9.17, 15) is 4.79 Å². The third kappa shape index (κ3) is 1.66. The van der Waals surface area contributed by atoms with Crippen molar-refractivity contribution in [1.82, 2.24) is 4.98 Å². The number of aromatic amines is 1. The van der Waals surface area contributed by atoms with Gasteiger partial charge in [0.2, 0.25) is 5.78 Å². The molecule has 0 aliphatic heterocycles. The molecule has 0 amide bonds. The lowest BCUT2D eigenvalue weighted by Crippen LogP contribution is -1.97. The van der Waals surface area contributed by atoms with E-state index < -0.39 is 0 Å². The van der Waals surface area contributed by atoms with E-state index >= 15 is 0 Å². The van der Waals surface area contributed by atoms with Crippen LogP contribution in [0.25, 0.3) is 0 Å². The Hall–Kier alpha value is -1.06. The number of thiophene rings is 1. The smallest absolute Gasteiger partial charge is 0.219 e. The van der Waals surface area contributed by atoms with E-state index in [0.717, 1.165) is 4.88 Å². The number of halogens is 1. The van der Waals surface area contributed by atoms with Crippen molar-refractivity contribution >= 4 is 28.7 Å². The molecule has 13 heavy (non-hydrogen) atoms. The molecule has 4 heteroatoms. The van der Waals surface area contributed by atoms with Gasteiger partial charge in [-0.05, 0) is 23.6 Å². The Balaban J connectivity index is 2.33. The molecule has 0 radical (unpaired) electrons. The van der Waals surface area contributed by atoms with Gasteiger partial charge >= 0.3 is 0 Å². The molecule has 0 fully saturated rings. The Morgan fingerprint density at radius 1 is 1.38 bits per heavy atom. The summed E-state index contributed by atoms with van der Waals surface area (Å²) in [5.74, 6) is -0.0121. The minimum Gasteiger partial charge on any atom is -0.343 e. The number of rotatable bonds is 2. The minimum absolute atomic E-state index is 0.0121. The second kappa shape index (κ2) is 3.36. The van der Waals surface area contributed by atoms with E-state index in [1.165, 1.54) is 11.3 Å². The molecule has 0 spiro atoms. The number of carbonyl (C=O) groups is 1. The highest BCUT2D eigenvalue weighted by atomic mass is 35.5. The maximum atomic E-state index is 11.6. The van der Waals surface area contributed by atoms with Gasteiger partial charge in [-0.2, -0.15) is 0 Å². The highest BCUT2D eigenvalue weighted by Gasteiger charge is 2.10. The van der Waals surface area contributed by atoms with E-state index in [2.05, 4.69) is 4.98 Å². The first-order valence-electron chi connectivity index (χ1n) is 3.70. The van der Waals surface area contributed by atoms with Crippen LogP contribution in [-0.4, -0.2) is 10.8 Å². The van der Waals surface area contributed by atoms with Gasteiger partial charge in [-0.3, -0.25) is 4.79 Å². The topological polar surface area (TPSA) is 32.9 Å². The van der Waals surface area contributed by atoms with Crippen LogP contribution in [0.3, 0.4) is 0 Å². The fraction of sp³-hybridized carbons (Fsp3) is 0. The zero-order valence-corrected chi connectivity index (χ0v) is 8.15. The maximum Gasteiger partial charge on any atom is 0.219 e. The van der Waals surface area contributed by atoms with Crippen molar-refractivity contribution in [2.75, 3.05) is 0 Å². The standard InChI is InChI=1S/C9H6ClNOS/c10-8-4-3-6(11-8)9(12)7-2-1-5-13-7/h1-5,11H. The van der Waals surface area contributed by atoms with Gasteiger partial charge in [0.15, 0.2) is 0 Å². The summed E-state index contributed by atoms with van der Waals surface area (Å²) in [6.45, 7) is 0. The molecule has 66 valence electrons. The van der Waals surface area contributed by atoms with Crippen LogP contribution >= 0.6 is 22.9 Å². The van der Waals surface area contributed by atoms with Gasteiger partial charge in [0.05, 0.1) is 10.6 Å². The van der Waals surface area contributed by atoms with Gasteiger partial charge in [0.1, 0.15) is 5.15 Å². The molecule has 2 heterocycles. The molecule has 0 atom stereocenters. The number of nitrogens with one attached hydrogen (secondary N) is 1. The van der Waals surface area contributed by atoms with Crippen LogP contribution in [0.15, 0.2) is 29.6 Å². The van der Waals surface area contributed by atoms with Crippen LogP contribution in [0.5, 0.6) is 0 Å². The second-order valence-electron chi connectivity index (χ2n) is 2.53. The SMILES string of the molecule is O=C(c1ccc(Cl)[nH]1)c1cccs1. The minimum atomic E-state index is -0.0121. The van der Waals surface area contributed by atoms with Gasteiger partial charge in [-0.25, -0.2) is 0 Å². The molecule has 0 saturated carbocycles. The number of carbonyl (C=O) groups excluding carboxylic acids is 1. The van der Waals surface area contributed by atoms with Crippen molar-refractivity contribution in [1.29, 1.82) is 0 Å². The van der Waals surface area contributed by atoms with Gasteiger partial charge in [-0.1, -0.05) is 17.7 Å². The summed E-state index contributed by atoms with van der Waals surface area (Å²) >= 11 is 7.08. The molecule has 0 unspecified atom stereocenters. The molecule has 0 saturated heterocycles. The van der Waals surface area contributed by atoms with Crippen LogP contribution in [0, 0.1) is 0 Å². The Kier molecular flexibility index (Phi) is 2.20. The lowest BCUT2D eigenvalue weighted by atomic mass is 10.2. The molecule has 2 rings (SSSR count). The Labute approximate surface area is 84.2 Å². The molecule has 0 bridgehead atoms. The Morgan fingerprint density at radius 3 is 2.77 bits per heavy atom. The monoisotopic (exact) mass is 211 g/mol. The average Bonchev–Trinajstić information content (AvgIpc) is 2.72. The van der Waals surface area contributed by atoms with E-state index in [-0.39, 0.29) is 5.78 Å². The lowest BCUT2D eigenvalue weighted by molar-refractivity contribution is 0.103. The maximum absolute atomic E-state index is 11.6. The Bertz CT molecular complexity index is 419. The molecule has 0 aliphatic carbocycles. The molecule has 0 aromatic carbocycles. The van der Waals surface area contributed by atoms with Crippen molar-refractivity contribution in [2.24, 2.45) is 0 Å². The summed E-state index contributed by atoms with van der Waals surface area (Å²) in [7, 11) is 0. The fourth-order valence-corrected chi connectivity index (χ4v) is 1.88. The predicted octanol–water partition coefficient (Wildman–Crippen LogP) is 2.96. The van der Waals surface area contributed by atoms with Crippen molar-refractivity contribution < 1.29 is 4.79 Å². The first-order valence-corrected chi connectivity index (χ1v) is 4.96. The first kappa shape index (κ1) is 8.53. The molecule has 2 aromatic heterocycles. The highest BCUT2D eigenvalue weighted by molar-refractivity contribution is 7.12. The number of ketones is 1. The molecular weight excluding hydrogens is 206 g/mol. The van der Waals surface area contributed by atoms with Crippen LogP contribution < -0.4 is 0 Å². The van der Waals surface area contributed by atoms with Gasteiger partial charge < -0.3 is 4.98 Å². The zero-order valence-electron chi connectivity index (χ0n) is 6.58. The third-order valence-electron chi connectivity index (χ3n) is 1.64. The van der Waals surface area contributed by atoms with Crippen LogP contribution in [-0.2, 0) is 0 Å². The number of aromatic nitrogens is 1. The molecular formula is C9H6ClNOS. The normalized spacial score (nSPS) is 10.2. The number of hydrogen-bond acceptors (Lipinski definition) is 2. The largest absolute Gasteiger partial charge is 0.343 e. The van der Waals surface area contributed by atoms with E-state index in [0.29, 0.717) is 10.8 Å². The van der Waals surface area contributed by atoms with Gasteiger partial charge in [-0.15, -0.1) is 11.3 Å². The molecule has 0 aliphatic rings. The van der Waals surface area contributed by atoms with Crippen molar-refractivity contribution in [3.05, 3.63) is 45.4 Å². The summed E-state index contributed by atoms with van der Waals surface area (Å²) < 4.78 is 0. The summed E-state index contributed by atoms with van der Waals surface area (Å²) in [6, 6.07) is 7.00. The number of hydrogen-bond donors (Lipinski definition) is 1. The van der Waals surface area contributed by atoms with Crippen molar-refractivity contribution in [2.45, 2.75) is 0 Å². The first-order chi connectivity index (χ1) is 6.27. The molecule has 2 aromatic rings. The van der Waals surface area contributed by atoms with Crippen LogP contribution in [0.2, 0.25) is 5.15 Å². The number of H-pyrrole nitrogens is 1. The van der Waals surface area contributed by atoms with E-state index in [1.54, 1.807) is 18.2 Å². The fourth-order valence-electron chi connectivity index (χ4n) is 1.04. The predicted molar refractivity (Wildman–Crippen MR) is 53.6 cm³/mol. The second-order valence-corrected chi connectivity index (χ2v) is 3.88. The van der Waals surface area contributed by atoms with E-state index in [1.807, 2.05) is 11.4 Å². The summed E-state index contributed by atoms with van der Waals surface area (Å²) in [4.78, 5) is 15.1. The van der Waals surface area contributed by atoms with Gasteiger partial charge in [0.25, 0.3) is 0 Å². The lowest BCUT2D eigenvalue weighted by Gasteiger charge is -1.91. The van der Waals surface area contributed by atoms with Crippen LogP contribution in [0.4, 0.5) is 0 Å². The quantitative estimate of drug-likeness (QED) is 0.762. The highest BCUT2D eigenvalue weighted by Crippen LogP contribution is 2.16. The summed E-state index contributed by atoms with van der Waals surface area (Å²) in [5, 5.41) is 2.36. The molecule has 1 N–H and O–H groups in total. The van der Waals surface area contributed by atoms with Crippen molar-refractivity contribution in [3.63, 3.8) is 0 Å². The van der Waals surface area contributed by atoms with Crippen LogP contribution in [0.1, 0.15) is 15.4 Å². The summed E-state index contributed by atoms with van der Waals surface area (Å²) in [6.07, 6.45) is 0. The summed E-state index contributed by atoms with van der Waals surface area (Å²) in [5.41, 5.74) is 0.535. The van der Waals surface area contributed by atoms with Gasteiger partial charge in [0, 0.05) is 0 Å². The zero-order chi connectivity index (χ0) is 9.26.